The third-order valence-corrected chi connectivity index (χ3v) is 2.95. The lowest BCUT2D eigenvalue weighted by molar-refractivity contribution is -0.142. The van der Waals surface area contributed by atoms with E-state index in [0.717, 1.165) is 0 Å². The Hall–Kier alpha value is -1.71. The van der Waals surface area contributed by atoms with Gasteiger partial charge in [-0.3, -0.25) is 0 Å². The Morgan fingerprint density at radius 1 is 1.17 bits per heavy atom. The topological polar surface area (TPSA) is 9.23 Å². The molecular weight excluding hydrogens is 241 g/mol. The summed E-state index contributed by atoms with van der Waals surface area (Å²) in [7, 11) is 1.49. The summed E-state index contributed by atoms with van der Waals surface area (Å²) < 4.78 is 44.4. The number of rotatable bonds is 3. The molecular formula is C14H13F3O. The number of hydrogen-bond acceptors (Lipinski definition) is 1. The lowest BCUT2D eigenvalue weighted by Crippen LogP contribution is -2.22. The first-order valence-electron chi connectivity index (χ1n) is 5.58. The molecule has 0 saturated heterocycles. The molecule has 96 valence electrons. The highest BCUT2D eigenvalue weighted by Gasteiger charge is 2.42. The van der Waals surface area contributed by atoms with Crippen LogP contribution in [0.5, 0.6) is 5.75 Å². The molecule has 4 heteroatoms. The van der Waals surface area contributed by atoms with Crippen molar-refractivity contribution in [3.63, 3.8) is 0 Å². The molecule has 1 aliphatic rings. The van der Waals surface area contributed by atoms with E-state index in [2.05, 4.69) is 0 Å². The predicted octanol–water partition coefficient (Wildman–Crippen LogP) is 4.23. The first-order valence-corrected chi connectivity index (χ1v) is 5.58. The highest BCUT2D eigenvalue weighted by molar-refractivity contribution is 5.39. The molecule has 0 radical (unpaired) electrons. The maximum absolute atomic E-state index is 13.1. The molecule has 0 saturated carbocycles. The zero-order valence-corrected chi connectivity index (χ0v) is 9.87. The van der Waals surface area contributed by atoms with Crippen molar-refractivity contribution in [1.82, 2.24) is 0 Å². The Morgan fingerprint density at radius 2 is 1.83 bits per heavy atom. The molecule has 1 aromatic rings. The van der Waals surface area contributed by atoms with Crippen molar-refractivity contribution in [3.8, 4) is 5.75 Å². The number of ether oxygens (including phenoxy) is 1. The van der Waals surface area contributed by atoms with E-state index in [1.165, 1.54) is 19.2 Å². The molecule has 0 heterocycles. The monoisotopic (exact) mass is 254 g/mol. The second-order valence-electron chi connectivity index (χ2n) is 4.12. The van der Waals surface area contributed by atoms with Gasteiger partial charge in [-0.05, 0) is 24.1 Å². The van der Waals surface area contributed by atoms with Crippen molar-refractivity contribution in [3.05, 3.63) is 53.6 Å². The summed E-state index contributed by atoms with van der Waals surface area (Å²) in [5.74, 6) is -0.975. The van der Waals surface area contributed by atoms with Gasteiger partial charge in [-0.25, -0.2) is 0 Å². The SMILES string of the molecule is COc1ccc([C@@H](C2=CC=CC2)C(F)(F)F)cc1. The maximum Gasteiger partial charge on any atom is 0.399 e. The van der Waals surface area contributed by atoms with Crippen LogP contribution >= 0.6 is 0 Å². The number of hydrogen-bond donors (Lipinski definition) is 0. The minimum absolute atomic E-state index is 0.248. The van der Waals surface area contributed by atoms with Crippen molar-refractivity contribution in [2.45, 2.75) is 18.5 Å². The Morgan fingerprint density at radius 3 is 2.28 bits per heavy atom. The first kappa shape index (κ1) is 12.7. The molecule has 1 aromatic carbocycles. The number of methoxy groups -OCH3 is 1. The second kappa shape index (κ2) is 4.88. The summed E-state index contributed by atoms with van der Waals surface area (Å²) in [6, 6.07) is 6.04. The van der Waals surface area contributed by atoms with Gasteiger partial charge in [0.1, 0.15) is 11.7 Å². The Labute approximate surface area is 104 Å². The lowest BCUT2D eigenvalue weighted by atomic mass is 9.90. The van der Waals surface area contributed by atoms with Crippen LogP contribution in [0.15, 0.2) is 48.1 Å². The van der Waals surface area contributed by atoms with Gasteiger partial charge in [-0.15, -0.1) is 0 Å². The van der Waals surface area contributed by atoms with Crippen LogP contribution in [0.25, 0.3) is 0 Å². The van der Waals surface area contributed by atoms with Crippen LogP contribution in [0.4, 0.5) is 13.2 Å². The number of allylic oxidation sites excluding steroid dienone is 4. The van der Waals surface area contributed by atoms with E-state index in [-0.39, 0.29) is 5.56 Å². The normalized spacial score (nSPS) is 16.6. The minimum atomic E-state index is -4.27. The molecule has 0 unspecified atom stereocenters. The van der Waals surface area contributed by atoms with Gasteiger partial charge in [0.05, 0.1) is 7.11 Å². The summed E-state index contributed by atoms with van der Waals surface area (Å²) >= 11 is 0. The molecule has 0 aliphatic heterocycles. The highest BCUT2D eigenvalue weighted by Crippen LogP contribution is 2.43. The fourth-order valence-corrected chi connectivity index (χ4v) is 2.09. The van der Waals surface area contributed by atoms with E-state index >= 15 is 0 Å². The summed E-state index contributed by atoms with van der Waals surface area (Å²) in [6.45, 7) is 0. The van der Waals surface area contributed by atoms with E-state index in [1.807, 2.05) is 0 Å². The standard InChI is InChI=1S/C14H13F3O/c1-18-12-8-6-11(7-9-12)13(14(15,16)17)10-4-2-3-5-10/h2-4,6-9,13H,5H2,1H3/t13-/m1/s1. The molecule has 0 spiro atoms. The maximum atomic E-state index is 13.1. The Bertz CT molecular complexity index is 469. The number of benzene rings is 1. The molecule has 0 N–H and O–H groups in total. The van der Waals surface area contributed by atoms with Gasteiger partial charge in [-0.2, -0.15) is 13.2 Å². The molecule has 0 aromatic heterocycles. The van der Waals surface area contributed by atoms with Gasteiger partial charge in [-0.1, -0.05) is 35.9 Å². The highest BCUT2D eigenvalue weighted by atomic mass is 19.4. The fourth-order valence-electron chi connectivity index (χ4n) is 2.09. The molecule has 0 amide bonds. The lowest BCUT2D eigenvalue weighted by Gasteiger charge is -2.22. The van der Waals surface area contributed by atoms with Gasteiger partial charge in [0.2, 0.25) is 0 Å². The second-order valence-corrected chi connectivity index (χ2v) is 4.12. The largest absolute Gasteiger partial charge is 0.497 e. The van der Waals surface area contributed by atoms with Gasteiger partial charge in [0, 0.05) is 0 Å². The third kappa shape index (κ3) is 2.58. The zero-order chi connectivity index (χ0) is 13.2. The van der Waals surface area contributed by atoms with E-state index in [9.17, 15) is 13.2 Å². The van der Waals surface area contributed by atoms with E-state index in [0.29, 0.717) is 17.7 Å². The van der Waals surface area contributed by atoms with Crippen molar-refractivity contribution >= 4 is 0 Å². The Balaban J connectivity index is 2.34. The van der Waals surface area contributed by atoms with Crippen LogP contribution in [0.3, 0.4) is 0 Å². The average Bonchev–Trinajstić information content (AvgIpc) is 2.82. The average molecular weight is 254 g/mol. The predicted molar refractivity (Wildman–Crippen MR) is 63.6 cm³/mol. The number of halogens is 3. The molecule has 0 fully saturated rings. The van der Waals surface area contributed by atoms with Gasteiger partial charge in [0.25, 0.3) is 0 Å². The molecule has 1 aliphatic carbocycles. The van der Waals surface area contributed by atoms with Crippen molar-refractivity contribution in [2.75, 3.05) is 7.11 Å². The summed E-state index contributed by atoms with van der Waals surface area (Å²) in [5, 5.41) is 0. The van der Waals surface area contributed by atoms with Crippen LogP contribution in [0.2, 0.25) is 0 Å². The molecule has 18 heavy (non-hydrogen) atoms. The van der Waals surface area contributed by atoms with Crippen molar-refractivity contribution in [2.24, 2.45) is 0 Å². The minimum Gasteiger partial charge on any atom is -0.497 e. The molecule has 1 nitrogen and oxygen atoms in total. The third-order valence-electron chi connectivity index (χ3n) is 2.95. The van der Waals surface area contributed by atoms with Gasteiger partial charge < -0.3 is 4.74 Å². The smallest absolute Gasteiger partial charge is 0.399 e. The van der Waals surface area contributed by atoms with E-state index < -0.39 is 12.1 Å². The van der Waals surface area contributed by atoms with Crippen LogP contribution in [0.1, 0.15) is 17.9 Å². The number of alkyl halides is 3. The van der Waals surface area contributed by atoms with E-state index in [1.54, 1.807) is 30.4 Å². The zero-order valence-electron chi connectivity index (χ0n) is 9.87. The van der Waals surface area contributed by atoms with Crippen LogP contribution in [-0.2, 0) is 0 Å². The first-order chi connectivity index (χ1) is 8.52. The molecule has 1 atom stereocenters. The van der Waals surface area contributed by atoms with Crippen molar-refractivity contribution in [1.29, 1.82) is 0 Å². The summed E-state index contributed by atoms with van der Waals surface area (Å²) in [5.41, 5.74) is 0.630. The summed E-state index contributed by atoms with van der Waals surface area (Å²) in [4.78, 5) is 0. The van der Waals surface area contributed by atoms with E-state index in [4.69, 9.17) is 4.74 Å². The summed E-state index contributed by atoms with van der Waals surface area (Å²) in [6.07, 6.45) is 1.03. The fraction of sp³-hybridized carbons (Fsp3) is 0.286. The van der Waals surface area contributed by atoms with Crippen LogP contribution in [0, 0.1) is 0 Å². The van der Waals surface area contributed by atoms with Gasteiger partial charge >= 0.3 is 6.18 Å². The molecule has 2 rings (SSSR count). The van der Waals surface area contributed by atoms with Crippen molar-refractivity contribution < 1.29 is 17.9 Å². The quantitative estimate of drug-likeness (QED) is 0.784. The Kier molecular flexibility index (Phi) is 3.45. The van der Waals surface area contributed by atoms with Crippen LogP contribution in [-0.4, -0.2) is 13.3 Å². The van der Waals surface area contributed by atoms with Gasteiger partial charge in [0.15, 0.2) is 0 Å². The van der Waals surface area contributed by atoms with Crippen LogP contribution < -0.4 is 4.74 Å². The molecule has 0 bridgehead atoms.